The summed E-state index contributed by atoms with van der Waals surface area (Å²) >= 11 is 0. The summed E-state index contributed by atoms with van der Waals surface area (Å²) in [4.78, 5) is 32.0. The van der Waals surface area contributed by atoms with Gasteiger partial charge in [0.15, 0.2) is 0 Å². The molecule has 0 radical (unpaired) electrons. The summed E-state index contributed by atoms with van der Waals surface area (Å²) in [5.74, 6) is 1.37. The first-order chi connectivity index (χ1) is 11.4. The summed E-state index contributed by atoms with van der Waals surface area (Å²) in [6.07, 6.45) is 4.06. The standard InChI is InChI=1S/C18H25N3O3/c1-5-14(17(22)20-8-6-11(2)7-9-20)21-10-19-16-15(18(21)23)12(3)13(4)24-16/h10-11,14H,5-9H2,1-4H3. The maximum absolute atomic E-state index is 12.9. The molecule has 0 bridgehead atoms. The summed E-state index contributed by atoms with van der Waals surface area (Å²) in [5, 5.41) is 0.480. The van der Waals surface area contributed by atoms with Crippen molar-refractivity contribution in [2.75, 3.05) is 13.1 Å². The minimum atomic E-state index is -0.502. The van der Waals surface area contributed by atoms with Crippen LogP contribution in [0.15, 0.2) is 15.5 Å². The van der Waals surface area contributed by atoms with Gasteiger partial charge >= 0.3 is 0 Å². The number of carbonyl (C=O) groups is 1. The van der Waals surface area contributed by atoms with E-state index in [0.29, 0.717) is 29.2 Å². The molecule has 0 saturated carbocycles. The minimum absolute atomic E-state index is 0.0190. The average molecular weight is 331 g/mol. The number of aryl methyl sites for hydroxylation is 2. The molecule has 3 rings (SSSR count). The first-order valence-electron chi connectivity index (χ1n) is 8.69. The van der Waals surface area contributed by atoms with Gasteiger partial charge in [0, 0.05) is 18.7 Å². The van der Waals surface area contributed by atoms with E-state index in [4.69, 9.17) is 4.42 Å². The van der Waals surface area contributed by atoms with E-state index in [0.717, 1.165) is 31.5 Å². The van der Waals surface area contributed by atoms with Crippen LogP contribution in [-0.2, 0) is 4.79 Å². The molecule has 6 nitrogen and oxygen atoms in total. The van der Waals surface area contributed by atoms with E-state index >= 15 is 0 Å². The van der Waals surface area contributed by atoms with Gasteiger partial charge in [-0.05, 0) is 39.0 Å². The zero-order valence-electron chi connectivity index (χ0n) is 14.8. The molecular formula is C18H25N3O3. The van der Waals surface area contributed by atoms with Gasteiger partial charge in [-0.3, -0.25) is 14.2 Å². The maximum Gasteiger partial charge on any atom is 0.265 e. The largest absolute Gasteiger partial charge is 0.443 e. The third-order valence-electron chi connectivity index (χ3n) is 5.22. The molecule has 1 fully saturated rings. The quantitative estimate of drug-likeness (QED) is 0.867. The van der Waals surface area contributed by atoms with Crippen LogP contribution in [0.4, 0.5) is 0 Å². The van der Waals surface area contributed by atoms with Crippen LogP contribution in [0.3, 0.4) is 0 Å². The Kier molecular flexibility index (Phi) is 4.47. The highest BCUT2D eigenvalue weighted by atomic mass is 16.3. The van der Waals surface area contributed by atoms with Crippen LogP contribution in [-0.4, -0.2) is 33.4 Å². The van der Waals surface area contributed by atoms with Gasteiger partial charge in [-0.15, -0.1) is 0 Å². The van der Waals surface area contributed by atoms with Crippen molar-refractivity contribution in [3.8, 4) is 0 Å². The third-order valence-corrected chi connectivity index (χ3v) is 5.22. The fraction of sp³-hybridized carbons (Fsp3) is 0.611. The number of fused-ring (bicyclic) bond motifs is 1. The molecule has 1 aliphatic rings. The van der Waals surface area contributed by atoms with E-state index in [9.17, 15) is 9.59 Å². The van der Waals surface area contributed by atoms with Crippen molar-refractivity contribution in [1.29, 1.82) is 0 Å². The number of likely N-dealkylation sites (tertiary alicyclic amines) is 1. The molecule has 0 aliphatic carbocycles. The molecule has 1 saturated heterocycles. The van der Waals surface area contributed by atoms with Gasteiger partial charge in [0.25, 0.3) is 5.56 Å². The molecule has 1 unspecified atom stereocenters. The molecule has 0 N–H and O–H groups in total. The van der Waals surface area contributed by atoms with Gasteiger partial charge in [0.1, 0.15) is 23.5 Å². The molecule has 0 aromatic carbocycles. The van der Waals surface area contributed by atoms with Crippen LogP contribution in [0.25, 0.3) is 11.1 Å². The van der Waals surface area contributed by atoms with E-state index in [2.05, 4.69) is 11.9 Å². The van der Waals surface area contributed by atoms with E-state index in [1.807, 2.05) is 25.7 Å². The van der Waals surface area contributed by atoms with E-state index < -0.39 is 6.04 Å². The Hall–Kier alpha value is -2.11. The summed E-state index contributed by atoms with van der Waals surface area (Å²) < 4.78 is 6.99. The normalized spacial score (nSPS) is 17.4. The maximum atomic E-state index is 12.9. The van der Waals surface area contributed by atoms with Gasteiger partial charge in [0.05, 0.1) is 0 Å². The zero-order chi connectivity index (χ0) is 17.4. The van der Waals surface area contributed by atoms with Crippen LogP contribution in [0, 0.1) is 19.8 Å². The molecule has 3 heterocycles. The van der Waals surface area contributed by atoms with Crippen LogP contribution in [0.5, 0.6) is 0 Å². The number of amides is 1. The third kappa shape index (κ3) is 2.74. The van der Waals surface area contributed by atoms with Gasteiger partial charge in [-0.25, -0.2) is 4.98 Å². The van der Waals surface area contributed by atoms with Crippen molar-refractivity contribution in [2.24, 2.45) is 5.92 Å². The van der Waals surface area contributed by atoms with Crippen molar-refractivity contribution < 1.29 is 9.21 Å². The molecule has 1 atom stereocenters. The molecule has 24 heavy (non-hydrogen) atoms. The Morgan fingerprint density at radius 3 is 2.67 bits per heavy atom. The second-order valence-corrected chi connectivity index (χ2v) is 6.85. The molecule has 1 amide bonds. The Balaban J connectivity index is 1.97. The lowest BCUT2D eigenvalue weighted by atomic mass is 9.98. The molecule has 1 aliphatic heterocycles. The molecule has 0 spiro atoms. The summed E-state index contributed by atoms with van der Waals surface area (Å²) in [6, 6.07) is -0.502. The number of carbonyl (C=O) groups excluding carboxylic acids is 1. The zero-order valence-corrected chi connectivity index (χ0v) is 14.8. The number of furan rings is 1. The summed E-state index contributed by atoms with van der Waals surface area (Å²) in [5.41, 5.74) is 0.950. The Labute approximate surface area is 141 Å². The van der Waals surface area contributed by atoms with Crippen molar-refractivity contribution in [3.05, 3.63) is 28.0 Å². The van der Waals surface area contributed by atoms with E-state index in [-0.39, 0.29) is 11.5 Å². The fourth-order valence-electron chi connectivity index (χ4n) is 3.40. The topological polar surface area (TPSA) is 68.3 Å². The number of hydrogen-bond acceptors (Lipinski definition) is 4. The van der Waals surface area contributed by atoms with Crippen molar-refractivity contribution in [3.63, 3.8) is 0 Å². The van der Waals surface area contributed by atoms with Crippen molar-refractivity contribution in [2.45, 2.75) is 53.0 Å². The highest BCUT2D eigenvalue weighted by Crippen LogP contribution is 2.23. The molecule has 2 aromatic rings. The molecule has 6 heteroatoms. The van der Waals surface area contributed by atoms with Gasteiger partial charge in [0.2, 0.25) is 11.6 Å². The van der Waals surface area contributed by atoms with Crippen molar-refractivity contribution >= 4 is 17.0 Å². The lowest BCUT2D eigenvalue weighted by Crippen LogP contribution is -2.43. The summed E-state index contributed by atoms with van der Waals surface area (Å²) in [7, 11) is 0. The van der Waals surface area contributed by atoms with Gasteiger partial charge in [-0.1, -0.05) is 13.8 Å². The molecular weight excluding hydrogens is 306 g/mol. The predicted molar refractivity (Wildman–Crippen MR) is 92.0 cm³/mol. The predicted octanol–water partition coefficient (Wildman–Crippen LogP) is 2.82. The first kappa shape index (κ1) is 16.7. The lowest BCUT2D eigenvalue weighted by Gasteiger charge is -2.33. The monoisotopic (exact) mass is 331 g/mol. The number of piperidine rings is 1. The number of aromatic nitrogens is 2. The van der Waals surface area contributed by atoms with Crippen LogP contribution < -0.4 is 5.56 Å². The van der Waals surface area contributed by atoms with Gasteiger partial charge in [-0.2, -0.15) is 0 Å². The van der Waals surface area contributed by atoms with Crippen LogP contribution >= 0.6 is 0 Å². The second kappa shape index (κ2) is 6.42. The van der Waals surface area contributed by atoms with Crippen LogP contribution in [0.1, 0.15) is 50.5 Å². The SMILES string of the molecule is CCC(C(=O)N1CCC(C)CC1)n1cnc2oc(C)c(C)c2c1=O. The number of nitrogens with zero attached hydrogens (tertiary/aromatic N) is 3. The number of hydrogen-bond donors (Lipinski definition) is 0. The Morgan fingerprint density at radius 1 is 1.38 bits per heavy atom. The molecule has 2 aromatic heterocycles. The van der Waals surface area contributed by atoms with Crippen molar-refractivity contribution in [1.82, 2.24) is 14.5 Å². The smallest absolute Gasteiger partial charge is 0.265 e. The molecule has 130 valence electrons. The Morgan fingerprint density at radius 2 is 2.04 bits per heavy atom. The van der Waals surface area contributed by atoms with E-state index in [1.54, 1.807) is 0 Å². The fourth-order valence-corrected chi connectivity index (χ4v) is 3.40. The highest BCUT2D eigenvalue weighted by molar-refractivity contribution is 5.82. The minimum Gasteiger partial charge on any atom is -0.443 e. The summed E-state index contributed by atoms with van der Waals surface area (Å²) in [6.45, 7) is 9.35. The van der Waals surface area contributed by atoms with Gasteiger partial charge < -0.3 is 9.32 Å². The highest BCUT2D eigenvalue weighted by Gasteiger charge is 2.29. The first-order valence-corrected chi connectivity index (χ1v) is 8.69. The average Bonchev–Trinajstić information content (AvgIpc) is 2.86. The lowest BCUT2D eigenvalue weighted by molar-refractivity contribution is -0.136. The van der Waals surface area contributed by atoms with Crippen LogP contribution in [0.2, 0.25) is 0 Å². The van der Waals surface area contributed by atoms with E-state index in [1.165, 1.54) is 10.9 Å². The Bertz CT molecular complexity index is 813. The second-order valence-electron chi connectivity index (χ2n) is 6.85. The number of rotatable bonds is 3.